The highest BCUT2D eigenvalue weighted by Gasteiger charge is 2.44. The Hall–Kier alpha value is -1.38. The number of hydrogen-bond acceptors (Lipinski definition) is 8. The van der Waals surface area contributed by atoms with Crippen LogP contribution in [0.3, 0.4) is 0 Å². The van der Waals surface area contributed by atoms with Gasteiger partial charge in [0.1, 0.15) is 30.2 Å². The largest absolute Gasteiger partial charge is 0.462 e. The molecule has 1 fully saturated rings. The van der Waals surface area contributed by atoms with Gasteiger partial charge in [0.2, 0.25) is 6.29 Å². The number of nitrogens with zero attached hydrogens (tertiary/aromatic N) is 1. The molecule has 1 aliphatic heterocycles. The van der Waals surface area contributed by atoms with Gasteiger partial charge in [-0.05, 0) is 36.5 Å². The molecule has 1 aliphatic rings. The van der Waals surface area contributed by atoms with E-state index < -0.39 is 37.3 Å². The first-order chi connectivity index (χ1) is 10.1. The summed E-state index contributed by atoms with van der Waals surface area (Å²) >= 11 is 4.49. The van der Waals surface area contributed by atoms with Crippen LogP contribution in [-0.4, -0.2) is 62.9 Å². The monoisotopic (exact) mass is 313 g/mol. The molecule has 0 radical (unpaired) electrons. The number of rotatable bonds is 4. The van der Waals surface area contributed by atoms with Crippen molar-refractivity contribution < 1.29 is 29.9 Å². The lowest BCUT2D eigenvalue weighted by Crippen LogP contribution is -2.60. The van der Waals surface area contributed by atoms with E-state index in [9.17, 15) is 15.3 Å². The topological polar surface area (TPSA) is 112 Å². The second-order valence-corrected chi connectivity index (χ2v) is 4.69. The molecule has 21 heavy (non-hydrogen) atoms. The van der Waals surface area contributed by atoms with Gasteiger partial charge in [0, 0.05) is 0 Å². The van der Waals surface area contributed by atoms with Crippen molar-refractivity contribution >= 4 is 23.1 Å². The molecule has 4 N–H and O–H groups in total. The lowest BCUT2D eigenvalue weighted by atomic mass is 9.99. The van der Waals surface area contributed by atoms with E-state index in [1.807, 2.05) is 0 Å². The predicted molar refractivity (Wildman–Crippen MR) is 75.5 cm³/mol. The summed E-state index contributed by atoms with van der Waals surface area (Å²) in [7, 11) is 0. The number of thiocarbonyl (C=S) groups is 1. The Morgan fingerprint density at radius 1 is 1.14 bits per heavy atom. The van der Waals surface area contributed by atoms with Gasteiger partial charge in [-0.1, -0.05) is 0 Å². The number of aliphatic hydroxyl groups excluding tert-OH is 4. The average molecular weight is 313 g/mol. The summed E-state index contributed by atoms with van der Waals surface area (Å²) in [5, 5.41) is 40.5. The third kappa shape index (κ3) is 3.63. The van der Waals surface area contributed by atoms with Crippen molar-refractivity contribution in [1.29, 1.82) is 0 Å². The molecule has 1 aromatic rings. The molecule has 0 bridgehead atoms. The molecule has 114 valence electrons. The van der Waals surface area contributed by atoms with Gasteiger partial charge < -0.3 is 29.9 Å². The summed E-state index contributed by atoms with van der Waals surface area (Å²) in [5.74, 6) is 0.364. The van der Waals surface area contributed by atoms with Gasteiger partial charge in [0.05, 0.1) is 17.5 Å². The van der Waals surface area contributed by atoms with E-state index in [1.54, 1.807) is 24.3 Å². The van der Waals surface area contributed by atoms with Crippen LogP contribution in [0.1, 0.15) is 0 Å². The normalized spacial score (nSPS) is 32.3. The summed E-state index contributed by atoms with van der Waals surface area (Å²) in [6, 6.07) is 6.40. The fourth-order valence-corrected chi connectivity index (χ4v) is 2.06. The minimum absolute atomic E-state index is 0.364. The Labute approximate surface area is 126 Å². The van der Waals surface area contributed by atoms with E-state index in [0.29, 0.717) is 11.4 Å². The van der Waals surface area contributed by atoms with Gasteiger partial charge in [-0.3, -0.25) is 0 Å². The Morgan fingerprint density at radius 3 is 2.38 bits per heavy atom. The zero-order chi connectivity index (χ0) is 15.4. The second-order valence-electron chi connectivity index (χ2n) is 4.51. The van der Waals surface area contributed by atoms with Crippen molar-refractivity contribution in [1.82, 2.24) is 0 Å². The molecule has 0 spiro atoms. The minimum Gasteiger partial charge on any atom is -0.462 e. The Balaban J connectivity index is 2.08. The SMILES string of the molecule is OC[C@H]1O[C@H](Oc2ccc(N=C=S)cc2)[C@@H](O)[C@@H](O)[C@H]1O. The molecular weight excluding hydrogens is 298 g/mol. The van der Waals surface area contributed by atoms with Gasteiger partial charge in [-0.25, -0.2) is 0 Å². The number of ether oxygens (including phenoxy) is 2. The molecular formula is C13H15NO6S. The lowest BCUT2D eigenvalue weighted by Gasteiger charge is -2.39. The maximum absolute atomic E-state index is 9.84. The van der Waals surface area contributed by atoms with Crippen molar-refractivity contribution in [2.75, 3.05) is 6.61 Å². The van der Waals surface area contributed by atoms with Crippen LogP contribution in [0.25, 0.3) is 0 Å². The predicted octanol–water partition coefficient (Wildman–Crippen LogP) is -0.400. The van der Waals surface area contributed by atoms with E-state index in [2.05, 4.69) is 22.4 Å². The van der Waals surface area contributed by atoms with Gasteiger partial charge >= 0.3 is 0 Å². The van der Waals surface area contributed by atoms with Crippen molar-refractivity contribution in [3.05, 3.63) is 24.3 Å². The number of aliphatic hydroxyl groups is 4. The van der Waals surface area contributed by atoms with E-state index in [1.165, 1.54) is 0 Å². The summed E-state index contributed by atoms with van der Waals surface area (Å²) < 4.78 is 10.6. The molecule has 0 saturated carbocycles. The summed E-state index contributed by atoms with van der Waals surface area (Å²) in [4.78, 5) is 3.78. The van der Waals surface area contributed by atoms with Crippen molar-refractivity contribution in [2.45, 2.75) is 30.7 Å². The molecule has 0 amide bonds. The molecule has 1 heterocycles. The first-order valence-electron chi connectivity index (χ1n) is 6.22. The minimum atomic E-state index is -1.47. The zero-order valence-corrected chi connectivity index (χ0v) is 11.7. The number of hydrogen-bond donors (Lipinski definition) is 4. The van der Waals surface area contributed by atoms with Gasteiger partial charge in [0.25, 0.3) is 0 Å². The fourth-order valence-electron chi connectivity index (χ4n) is 1.95. The van der Waals surface area contributed by atoms with Crippen LogP contribution in [0.4, 0.5) is 5.69 Å². The quantitative estimate of drug-likeness (QED) is 0.442. The molecule has 5 atom stereocenters. The van der Waals surface area contributed by atoms with Crippen molar-refractivity contribution in [3.8, 4) is 5.75 Å². The fraction of sp³-hybridized carbons (Fsp3) is 0.462. The van der Waals surface area contributed by atoms with E-state index in [4.69, 9.17) is 14.6 Å². The van der Waals surface area contributed by atoms with E-state index >= 15 is 0 Å². The molecule has 0 aromatic heterocycles. The van der Waals surface area contributed by atoms with Gasteiger partial charge in [-0.15, -0.1) is 0 Å². The molecule has 8 heteroatoms. The lowest BCUT2D eigenvalue weighted by molar-refractivity contribution is -0.277. The Kier molecular flexibility index (Phi) is 5.38. The highest BCUT2D eigenvalue weighted by Crippen LogP contribution is 2.25. The van der Waals surface area contributed by atoms with Crippen LogP contribution in [0.2, 0.25) is 0 Å². The van der Waals surface area contributed by atoms with Crippen LogP contribution in [0, 0.1) is 0 Å². The maximum Gasteiger partial charge on any atom is 0.229 e. The van der Waals surface area contributed by atoms with Crippen LogP contribution >= 0.6 is 12.2 Å². The first-order valence-corrected chi connectivity index (χ1v) is 6.62. The third-order valence-corrected chi connectivity index (χ3v) is 3.20. The Bertz CT molecular complexity index is 516. The number of benzene rings is 1. The summed E-state index contributed by atoms with van der Waals surface area (Å²) in [6.45, 7) is -0.507. The molecule has 0 aliphatic carbocycles. The highest BCUT2D eigenvalue weighted by molar-refractivity contribution is 7.78. The molecule has 2 rings (SSSR count). The van der Waals surface area contributed by atoms with Crippen molar-refractivity contribution in [3.63, 3.8) is 0 Å². The number of isothiocyanates is 1. The smallest absolute Gasteiger partial charge is 0.229 e. The number of aliphatic imine (C=N–C) groups is 1. The molecule has 1 aromatic carbocycles. The highest BCUT2D eigenvalue weighted by atomic mass is 32.1. The third-order valence-electron chi connectivity index (χ3n) is 3.11. The summed E-state index contributed by atoms with van der Waals surface area (Å²) in [5.41, 5.74) is 0.589. The molecule has 1 saturated heterocycles. The second kappa shape index (κ2) is 7.06. The summed E-state index contributed by atoms with van der Waals surface area (Å²) in [6.07, 6.45) is -6.54. The zero-order valence-electron chi connectivity index (χ0n) is 10.9. The van der Waals surface area contributed by atoms with E-state index in [-0.39, 0.29) is 0 Å². The van der Waals surface area contributed by atoms with Crippen LogP contribution in [0.15, 0.2) is 29.3 Å². The van der Waals surface area contributed by atoms with Gasteiger partial charge in [-0.2, -0.15) is 4.99 Å². The maximum atomic E-state index is 9.84. The average Bonchev–Trinajstić information content (AvgIpc) is 2.50. The van der Waals surface area contributed by atoms with E-state index in [0.717, 1.165) is 0 Å². The Morgan fingerprint density at radius 2 is 1.81 bits per heavy atom. The standard InChI is InChI=1S/C13H15NO6S/c15-5-9-10(16)11(17)12(18)13(20-9)19-8-3-1-7(2-4-8)14-6-21/h1-4,9-13,15-18H,5H2/t9-,10+,11+,12+,13+/m1/s1. The molecule has 0 unspecified atom stereocenters. The van der Waals surface area contributed by atoms with Crippen LogP contribution in [-0.2, 0) is 4.74 Å². The molecule has 7 nitrogen and oxygen atoms in total. The first kappa shape index (κ1) is 16.0. The van der Waals surface area contributed by atoms with Crippen molar-refractivity contribution in [2.24, 2.45) is 4.99 Å². The van der Waals surface area contributed by atoms with Gasteiger partial charge in [0.15, 0.2) is 0 Å². The van der Waals surface area contributed by atoms with Crippen LogP contribution in [0.5, 0.6) is 5.75 Å². The van der Waals surface area contributed by atoms with Crippen LogP contribution < -0.4 is 4.74 Å².